The largest absolute Gasteiger partial charge is 0.379 e. The number of aryl methyl sites for hydroxylation is 3. The molecule has 0 atom stereocenters. The van der Waals surface area contributed by atoms with E-state index in [1.807, 2.05) is 25.1 Å². The van der Waals surface area contributed by atoms with Gasteiger partial charge < -0.3 is 4.18 Å². The van der Waals surface area contributed by atoms with Crippen LogP contribution in [0.5, 0.6) is 5.75 Å². The fraction of sp³-hybridized carbons (Fsp3) is 0.167. The zero-order valence-electron chi connectivity index (χ0n) is 17.9. The highest BCUT2D eigenvalue weighted by Crippen LogP contribution is 2.28. The lowest BCUT2D eigenvalue weighted by atomic mass is 10.2. The van der Waals surface area contributed by atoms with Gasteiger partial charge in [0.2, 0.25) is 0 Å². The van der Waals surface area contributed by atoms with Crippen LogP contribution in [0.2, 0.25) is 0 Å². The van der Waals surface area contributed by atoms with Gasteiger partial charge in [-0.1, -0.05) is 36.5 Å². The smallest absolute Gasteiger partial charge is 0.339 e. The molecule has 0 saturated heterocycles. The third-order valence-electron chi connectivity index (χ3n) is 5.02. The van der Waals surface area contributed by atoms with Gasteiger partial charge in [-0.25, -0.2) is 4.98 Å². The van der Waals surface area contributed by atoms with Gasteiger partial charge in [0.1, 0.15) is 10.6 Å². The molecule has 0 unspecified atom stereocenters. The van der Waals surface area contributed by atoms with Gasteiger partial charge >= 0.3 is 10.1 Å². The Hall–Kier alpha value is -3.23. The van der Waals surface area contributed by atoms with Crippen LogP contribution in [0.4, 0.5) is 5.13 Å². The average Bonchev–Trinajstić information content (AvgIpc) is 3.16. The number of hydrogen-bond acceptors (Lipinski definition) is 6. The number of amides is 1. The highest BCUT2D eigenvalue weighted by Gasteiger charge is 2.20. The molecule has 1 amide bonds. The molecule has 4 aromatic rings. The van der Waals surface area contributed by atoms with E-state index >= 15 is 0 Å². The number of hydrogen-bond donors (Lipinski definition) is 1. The minimum Gasteiger partial charge on any atom is -0.379 e. The van der Waals surface area contributed by atoms with Crippen LogP contribution in [0.3, 0.4) is 0 Å². The molecule has 0 aliphatic heterocycles. The van der Waals surface area contributed by atoms with E-state index < -0.39 is 10.1 Å². The summed E-state index contributed by atoms with van der Waals surface area (Å²) in [6.07, 6.45) is 0.934. The number of nitrogens with zero attached hydrogens (tertiary/aromatic N) is 1. The Morgan fingerprint density at radius 1 is 1.03 bits per heavy atom. The SMILES string of the molecule is CCc1ccc2nc(NC(=O)c3ccc(OS(=O)(=O)c4cc(C)ccc4C)cc3)sc2c1. The summed E-state index contributed by atoms with van der Waals surface area (Å²) < 4.78 is 31.6. The fourth-order valence-electron chi connectivity index (χ4n) is 3.22. The second-order valence-corrected chi connectivity index (χ2v) is 10.0. The normalized spacial score (nSPS) is 11.5. The standard InChI is InChI=1S/C24H22N2O4S2/c1-4-17-7-12-20-21(14-17)31-24(25-20)26-23(27)18-8-10-19(11-9-18)30-32(28,29)22-13-15(2)5-6-16(22)3/h5-14H,4H2,1-3H3,(H,25,26,27). The van der Waals surface area contributed by atoms with E-state index in [4.69, 9.17) is 4.18 Å². The maximum atomic E-state index is 12.7. The number of thiazole rings is 1. The van der Waals surface area contributed by atoms with E-state index in [2.05, 4.69) is 23.3 Å². The molecule has 1 heterocycles. The first-order chi connectivity index (χ1) is 15.2. The molecule has 0 aliphatic rings. The molecule has 1 aromatic heterocycles. The summed E-state index contributed by atoms with van der Waals surface area (Å²) in [6, 6.07) is 17.2. The molecule has 164 valence electrons. The molecule has 32 heavy (non-hydrogen) atoms. The highest BCUT2D eigenvalue weighted by molar-refractivity contribution is 7.87. The number of fused-ring (bicyclic) bond motifs is 1. The van der Waals surface area contributed by atoms with Gasteiger partial charge in [0, 0.05) is 5.56 Å². The van der Waals surface area contributed by atoms with E-state index in [1.54, 1.807) is 19.1 Å². The Morgan fingerprint density at radius 3 is 2.50 bits per heavy atom. The van der Waals surface area contributed by atoms with Gasteiger partial charge in [0.25, 0.3) is 5.91 Å². The van der Waals surface area contributed by atoms with E-state index in [0.717, 1.165) is 22.2 Å². The zero-order valence-corrected chi connectivity index (χ0v) is 19.5. The van der Waals surface area contributed by atoms with Crippen LogP contribution < -0.4 is 9.50 Å². The topological polar surface area (TPSA) is 85.4 Å². The van der Waals surface area contributed by atoms with Crippen molar-refractivity contribution >= 4 is 42.7 Å². The Morgan fingerprint density at radius 2 is 1.78 bits per heavy atom. The molecule has 4 rings (SSSR count). The summed E-state index contributed by atoms with van der Waals surface area (Å²) in [4.78, 5) is 17.2. The first-order valence-corrected chi connectivity index (χ1v) is 12.3. The van der Waals surface area contributed by atoms with Crippen molar-refractivity contribution in [3.63, 3.8) is 0 Å². The van der Waals surface area contributed by atoms with E-state index in [-0.39, 0.29) is 16.6 Å². The molecular formula is C24H22N2O4S2. The Labute approximate surface area is 191 Å². The second-order valence-electron chi connectivity index (χ2n) is 7.46. The predicted octanol–water partition coefficient (Wildman–Crippen LogP) is 5.50. The maximum absolute atomic E-state index is 12.7. The monoisotopic (exact) mass is 466 g/mol. The van der Waals surface area contributed by atoms with Gasteiger partial charge in [-0.05, 0) is 79.4 Å². The van der Waals surface area contributed by atoms with Crippen molar-refractivity contribution in [1.29, 1.82) is 0 Å². The molecule has 0 saturated carbocycles. The predicted molar refractivity (Wildman–Crippen MR) is 127 cm³/mol. The molecule has 8 heteroatoms. The van der Waals surface area contributed by atoms with E-state index in [0.29, 0.717) is 16.3 Å². The van der Waals surface area contributed by atoms with E-state index in [1.165, 1.54) is 41.2 Å². The average molecular weight is 467 g/mol. The number of benzene rings is 3. The Balaban J connectivity index is 1.48. The first-order valence-electron chi connectivity index (χ1n) is 10.1. The number of carbonyl (C=O) groups excluding carboxylic acids is 1. The molecule has 6 nitrogen and oxygen atoms in total. The summed E-state index contributed by atoms with van der Waals surface area (Å²) in [6.45, 7) is 5.62. The molecule has 0 spiro atoms. The summed E-state index contributed by atoms with van der Waals surface area (Å²) in [7, 11) is -3.98. The number of anilines is 1. The lowest BCUT2D eigenvalue weighted by molar-refractivity contribution is 0.102. The minimum atomic E-state index is -3.98. The van der Waals surface area contributed by atoms with Crippen molar-refractivity contribution in [3.05, 3.63) is 82.9 Å². The fourth-order valence-corrected chi connectivity index (χ4v) is 5.39. The van der Waals surface area contributed by atoms with Gasteiger partial charge in [-0.2, -0.15) is 8.42 Å². The lowest BCUT2D eigenvalue weighted by Crippen LogP contribution is -2.13. The molecule has 0 aliphatic carbocycles. The van der Waals surface area contributed by atoms with Crippen molar-refractivity contribution in [2.45, 2.75) is 32.1 Å². The molecule has 3 aromatic carbocycles. The number of nitrogens with one attached hydrogen (secondary N) is 1. The molecule has 0 fully saturated rings. The van der Waals surface area contributed by atoms with Crippen LogP contribution >= 0.6 is 11.3 Å². The van der Waals surface area contributed by atoms with Crippen LogP contribution in [-0.4, -0.2) is 19.3 Å². The van der Waals surface area contributed by atoms with Gasteiger partial charge in [0.15, 0.2) is 5.13 Å². The quantitative estimate of drug-likeness (QED) is 0.380. The van der Waals surface area contributed by atoms with Crippen molar-refractivity contribution in [3.8, 4) is 5.75 Å². The molecule has 0 radical (unpaired) electrons. The first kappa shape index (κ1) is 22.0. The van der Waals surface area contributed by atoms with Crippen LogP contribution in [0.1, 0.15) is 34.0 Å². The number of carbonyl (C=O) groups is 1. The van der Waals surface area contributed by atoms with Crippen molar-refractivity contribution in [2.75, 3.05) is 5.32 Å². The molecular weight excluding hydrogens is 444 g/mol. The van der Waals surface area contributed by atoms with Crippen molar-refractivity contribution < 1.29 is 17.4 Å². The number of rotatable bonds is 6. The Kier molecular flexibility index (Phi) is 5.99. The zero-order chi connectivity index (χ0) is 22.9. The summed E-state index contributed by atoms with van der Waals surface area (Å²) in [5, 5.41) is 3.31. The summed E-state index contributed by atoms with van der Waals surface area (Å²) in [5.41, 5.74) is 3.85. The number of aromatic nitrogens is 1. The van der Waals surface area contributed by atoms with Gasteiger partial charge in [-0.3, -0.25) is 10.1 Å². The van der Waals surface area contributed by atoms with Gasteiger partial charge in [0.05, 0.1) is 10.2 Å². The van der Waals surface area contributed by atoms with Crippen LogP contribution in [0, 0.1) is 13.8 Å². The van der Waals surface area contributed by atoms with Crippen LogP contribution in [0.15, 0.2) is 65.6 Å². The Bertz CT molecular complexity index is 1410. The third-order valence-corrected chi connectivity index (χ3v) is 7.34. The van der Waals surface area contributed by atoms with Crippen LogP contribution in [-0.2, 0) is 16.5 Å². The van der Waals surface area contributed by atoms with Crippen molar-refractivity contribution in [1.82, 2.24) is 4.98 Å². The lowest BCUT2D eigenvalue weighted by Gasteiger charge is -2.10. The second kappa shape index (κ2) is 8.72. The van der Waals surface area contributed by atoms with Crippen molar-refractivity contribution in [2.24, 2.45) is 0 Å². The van der Waals surface area contributed by atoms with E-state index in [9.17, 15) is 13.2 Å². The maximum Gasteiger partial charge on any atom is 0.339 e. The minimum absolute atomic E-state index is 0.126. The summed E-state index contributed by atoms with van der Waals surface area (Å²) in [5.74, 6) is -0.196. The third kappa shape index (κ3) is 4.66. The van der Waals surface area contributed by atoms with Crippen LogP contribution in [0.25, 0.3) is 10.2 Å². The molecule has 0 bridgehead atoms. The highest BCUT2D eigenvalue weighted by atomic mass is 32.2. The molecule has 1 N–H and O–H groups in total. The van der Waals surface area contributed by atoms with Gasteiger partial charge in [-0.15, -0.1) is 0 Å². The summed E-state index contributed by atoms with van der Waals surface area (Å²) >= 11 is 1.41.